The van der Waals surface area contributed by atoms with E-state index in [4.69, 9.17) is 0 Å². The third kappa shape index (κ3) is 5.76. The van der Waals surface area contributed by atoms with Gasteiger partial charge in [-0.15, -0.1) is 0 Å². The van der Waals surface area contributed by atoms with Crippen molar-refractivity contribution in [3.05, 3.63) is 0 Å². The molecule has 0 aromatic carbocycles. The van der Waals surface area contributed by atoms with Crippen LogP contribution in [-0.4, -0.2) is 31.2 Å². The molecule has 0 saturated heterocycles. The van der Waals surface area contributed by atoms with Gasteiger partial charge in [-0.2, -0.15) is 13.2 Å². The van der Waals surface area contributed by atoms with Gasteiger partial charge in [0.05, 0.1) is 0 Å². The van der Waals surface area contributed by atoms with Crippen molar-refractivity contribution in [3.63, 3.8) is 0 Å². The largest absolute Gasteiger partial charge is 0.471 e. The van der Waals surface area contributed by atoms with Gasteiger partial charge in [0.15, 0.2) is 0 Å². The highest BCUT2D eigenvalue weighted by atomic mass is 19.4. The quantitative estimate of drug-likeness (QED) is 0.527. The molecule has 0 heterocycles. The minimum Gasteiger partial charge on any atom is -0.352 e. The van der Waals surface area contributed by atoms with Crippen LogP contribution in [-0.2, 0) is 4.79 Å². The fourth-order valence-electron chi connectivity index (χ4n) is 0.462. The molecule has 0 aliphatic rings. The van der Waals surface area contributed by atoms with Gasteiger partial charge in [-0.1, -0.05) is 0 Å². The Balaban J connectivity index is 3.55. The Hall–Kier alpha value is -1.47. The highest BCUT2D eigenvalue weighted by molar-refractivity contribution is 5.81. The van der Waals surface area contributed by atoms with Crippen LogP contribution in [0.3, 0.4) is 0 Å². The molecule has 8 heteroatoms. The average Bonchev–Trinajstić information content (AvgIpc) is 1.95. The molecule has 76 valence electrons. The lowest BCUT2D eigenvalue weighted by atomic mass is 10.5. The van der Waals surface area contributed by atoms with Gasteiger partial charge in [-0.05, 0) is 0 Å². The minimum absolute atomic E-state index is 0.142. The summed E-state index contributed by atoms with van der Waals surface area (Å²) in [7, 11) is 0. The molecule has 0 aliphatic heterocycles. The lowest BCUT2D eigenvalue weighted by molar-refractivity contribution is -0.173. The number of urea groups is 1. The number of hydrogen-bond donors (Lipinski definition) is 3. The molecular formula is C5H8F3N3O2. The van der Waals surface area contributed by atoms with E-state index in [0.29, 0.717) is 0 Å². The third-order valence-electron chi connectivity index (χ3n) is 0.967. The second-order valence-corrected chi connectivity index (χ2v) is 2.04. The molecule has 0 spiro atoms. The number of primary amides is 1. The first-order valence-electron chi connectivity index (χ1n) is 3.22. The van der Waals surface area contributed by atoms with Gasteiger partial charge >= 0.3 is 18.1 Å². The normalized spacial score (nSPS) is 10.7. The maximum atomic E-state index is 11.5. The summed E-state index contributed by atoms with van der Waals surface area (Å²) in [5.74, 6) is -2.04. The van der Waals surface area contributed by atoms with E-state index in [1.54, 1.807) is 5.32 Å². The molecule has 0 aromatic heterocycles. The lowest BCUT2D eigenvalue weighted by Crippen LogP contribution is -2.42. The van der Waals surface area contributed by atoms with E-state index in [9.17, 15) is 22.8 Å². The van der Waals surface area contributed by atoms with Crippen LogP contribution in [0.1, 0.15) is 0 Å². The molecule has 4 N–H and O–H groups in total. The van der Waals surface area contributed by atoms with Gasteiger partial charge in [0.25, 0.3) is 0 Å². The Bertz CT molecular complexity index is 204. The van der Waals surface area contributed by atoms with Crippen molar-refractivity contribution in [2.75, 3.05) is 13.1 Å². The summed E-state index contributed by atoms with van der Waals surface area (Å²) >= 11 is 0. The topological polar surface area (TPSA) is 84.2 Å². The van der Waals surface area contributed by atoms with Gasteiger partial charge in [-0.25, -0.2) is 4.79 Å². The number of hydrogen-bond acceptors (Lipinski definition) is 2. The Kier molecular flexibility index (Phi) is 4.02. The summed E-state index contributed by atoms with van der Waals surface area (Å²) in [5.41, 5.74) is 4.61. The SMILES string of the molecule is NC(=O)NCCNC(=O)C(F)(F)F. The molecule has 3 amide bonds. The predicted molar refractivity (Wildman–Crippen MR) is 36.7 cm³/mol. The number of carbonyl (C=O) groups excluding carboxylic acids is 2. The van der Waals surface area contributed by atoms with E-state index in [0.717, 1.165) is 0 Å². The van der Waals surface area contributed by atoms with Gasteiger partial charge in [-0.3, -0.25) is 4.79 Å². The summed E-state index contributed by atoms with van der Waals surface area (Å²) in [5, 5.41) is 3.55. The zero-order valence-electron chi connectivity index (χ0n) is 6.44. The predicted octanol–water partition coefficient (Wildman–Crippen LogP) is -0.667. The molecule has 0 aromatic rings. The molecule has 0 unspecified atom stereocenters. The highest BCUT2D eigenvalue weighted by Gasteiger charge is 2.38. The first-order chi connectivity index (χ1) is 5.84. The van der Waals surface area contributed by atoms with Crippen molar-refractivity contribution in [1.29, 1.82) is 0 Å². The second kappa shape index (κ2) is 4.53. The van der Waals surface area contributed by atoms with Crippen molar-refractivity contribution in [1.82, 2.24) is 10.6 Å². The lowest BCUT2D eigenvalue weighted by Gasteiger charge is -2.07. The zero-order chi connectivity index (χ0) is 10.5. The van der Waals surface area contributed by atoms with E-state index in [1.807, 2.05) is 5.32 Å². The van der Waals surface area contributed by atoms with Gasteiger partial charge in [0, 0.05) is 13.1 Å². The standard InChI is InChI=1S/C5H8F3N3O2/c6-5(7,8)3(12)10-1-2-11-4(9)13/h1-2H2,(H,10,12)(H3,9,11,13). The third-order valence-corrected chi connectivity index (χ3v) is 0.967. The van der Waals surface area contributed by atoms with E-state index < -0.39 is 18.1 Å². The summed E-state index contributed by atoms with van der Waals surface area (Å²) in [6.45, 7) is -0.460. The van der Waals surface area contributed by atoms with Crippen LogP contribution in [0.15, 0.2) is 0 Å². The maximum Gasteiger partial charge on any atom is 0.471 e. The fraction of sp³-hybridized carbons (Fsp3) is 0.600. The number of nitrogens with two attached hydrogens (primary N) is 1. The van der Waals surface area contributed by atoms with Crippen LogP contribution in [0.4, 0.5) is 18.0 Å². The van der Waals surface area contributed by atoms with Crippen LogP contribution < -0.4 is 16.4 Å². The molecule has 0 atom stereocenters. The summed E-state index contributed by atoms with van der Waals surface area (Å²) in [4.78, 5) is 20.1. The molecule has 0 aliphatic carbocycles. The van der Waals surface area contributed by atoms with Gasteiger partial charge < -0.3 is 16.4 Å². The molecular weight excluding hydrogens is 191 g/mol. The van der Waals surface area contributed by atoms with Crippen molar-refractivity contribution in [2.24, 2.45) is 5.73 Å². The molecule has 0 radical (unpaired) electrons. The summed E-state index contributed by atoms with van der Waals surface area (Å²) in [6.07, 6.45) is -4.90. The number of alkyl halides is 3. The zero-order valence-corrected chi connectivity index (χ0v) is 6.44. The molecule has 13 heavy (non-hydrogen) atoms. The monoisotopic (exact) mass is 199 g/mol. The van der Waals surface area contributed by atoms with Crippen LogP contribution >= 0.6 is 0 Å². The Morgan fingerprint density at radius 3 is 2.00 bits per heavy atom. The van der Waals surface area contributed by atoms with Crippen LogP contribution in [0.2, 0.25) is 0 Å². The molecule has 0 rings (SSSR count). The number of nitrogens with one attached hydrogen (secondary N) is 2. The molecule has 0 bridgehead atoms. The van der Waals surface area contributed by atoms with Crippen molar-refractivity contribution in [2.45, 2.75) is 6.18 Å². The number of rotatable bonds is 3. The molecule has 0 fully saturated rings. The smallest absolute Gasteiger partial charge is 0.352 e. The van der Waals surface area contributed by atoms with Crippen molar-refractivity contribution < 1.29 is 22.8 Å². The number of amides is 3. The van der Waals surface area contributed by atoms with E-state index >= 15 is 0 Å². The van der Waals surface area contributed by atoms with Crippen molar-refractivity contribution in [3.8, 4) is 0 Å². The number of halogens is 3. The second-order valence-electron chi connectivity index (χ2n) is 2.04. The Labute approximate surface area is 71.5 Å². The molecule has 5 nitrogen and oxygen atoms in total. The Morgan fingerprint density at radius 1 is 1.15 bits per heavy atom. The molecule has 0 saturated carbocycles. The highest BCUT2D eigenvalue weighted by Crippen LogP contribution is 2.13. The van der Waals surface area contributed by atoms with E-state index in [-0.39, 0.29) is 13.1 Å². The average molecular weight is 199 g/mol. The number of carbonyl (C=O) groups is 2. The van der Waals surface area contributed by atoms with Crippen LogP contribution in [0.5, 0.6) is 0 Å². The van der Waals surface area contributed by atoms with Gasteiger partial charge in [0.2, 0.25) is 0 Å². The first kappa shape index (κ1) is 11.5. The van der Waals surface area contributed by atoms with Crippen molar-refractivity contribution >= 4 is 11.9 Å². The fourth-order valence-corrected chi connectivity index (χ4v) is 0.462. The van der Waals surface area contributed by atoms with E-state index in [2.05, 4.69) is 5.73 Å². The Morgan fingerprint density at radius 2 is 1.62 bits per heavy atom. The first-order valence-corrected chi connectivity index (χ1v) is 3.22. The van der Waals surface area contributed by atoms with Crippen LogP contribution in [0, 0.1) is 0 Å². The van der Waals surface area contributed by atoms with E-state index in [1.165, 1.54) is 0 Å². The summed E-state index contributed by atoms with van der Waals surface area (Å²) < 4.78 is 34.5. The van der Waals surface area contributed by atoms with Gasteiger partial charge in [0.1, 0.15) is 0 Å². The summed E-state index contributed by atoms with van der Waals surface area (Å²) in [6, 6.07) is -0.860. The minimum atomic E-state index is -4.90. The maximum absolute atomic E-state index is 11.5. The van der Waals surface area contributed by atoms with Crippen LogP contribution in [0.25, 0.3) is 0 Å².